The van der Waals surface area contributed by atoms with Crippen LogP contribution in [-0.4, -0.2) is 43.5 Å². The molecule has 0 atom stereocenters. The molecule has 0 rings (SSSR count). The van der Waals surface area contributed by atoms with Gasteiger partial charge in [-0.3, -0.25) is 0 Å². The van der Waals surface area contributed by atoms with Gasteiger partial charge in [0.15, 0.2) is 0 Å². The van der Waals surface area contributed by atoms with Crippen LogP contribution in [0.5, 0.6) is 0 Å². The molecule has 0 aromatic rings. The van der Waals surface area contributed by atoms with Crippen LogP contribution in [0.1, 0.15) is 33.1 Å². The zero-order valence-electron chi connectivity index (χ0n) is 9.67. The van der Waals surface area contributed by atoms with Gasteiger partial charge in [-0.25, -0.2) is 0 Å². The van der Waals surface area contributed by atoms with Gasteiger partial charge in [-0.2, -0.15) is 12.6 Å². The van der Waals surface area contributed by atoms with E-state index in [1.165, 1.54) is 25.8 Å². The first-order valence-electron chi connectivity index (χ1n) is 5.76. The fourth-order valence-corrected chi connectivity index (χ4v) is 1.61. The molecule has 0 saturated carbocycles. The number of nitrogens with zero attached hydrogens (tertiary/aromatic N) is 1. The number of rotatable bonds is 10. The molecular weight excluding hydrogens is 194 g/mol. The molecule has 0 fully saturated rings. The molecule has 0 aromatic carbocycles. The first kappa shape index (κ1) is 14.3. The van der Waals surface area contributed by atoms with Crippen LogP contribution in [0.3, 0.4) is 0 Å². The Morgan fingerprint density at radius 1 is 1.07 bits per heavy atom. The van der Waals surface area contributed by atoms with Crippen molar-refractivity contribution in [2.75, 3.05) is 38.6 Å². The van der Waals surface area contributed by atoms with Crippen molar-refractivity contribution in [1.82, 2.24) is 4.90 Å². The van der Waals surface area contributed by atoms with Crippen LogP contribution in [0, 0.1) is 0 Å². The Morgan fingerprint density at radius 3 is 2.43 bits per heavy atom. The standard InChI is InChI=1S/C11H25NOS/c1-3-12(9-10-13-4-2)8-6-5-7-11-14/h14H,3-11H2,1-2H3. The summed E-state index contributed by atoms with van der Waals surface area (Å²) in [6, 6.07) is 0. The number of likely N-dealkylation sites (N-methyl/N-ethyl adjacent to an activating group) is 1. The summed E-state index contributed by atoms with van der Waals surface area (Å²) < 4.78 is 5.34. The van der Waals surface area contributed by atoms with Gasteiger partial charge >= 0.3 is 0 Å². The number of hydrogen-bond acceptors (Lipinski definition) is 3. The van der Waals surface area contributed by atoms with Crippen molar-refractivity contribution in [2.24, 2.45) is 0 Å². The fraction of sp³-hybridized carbons (Fsp3) is 1.00. The topological polar surface area (TPSA) is 12.5 Å². The van der Waals surface area contributed by atoms with E-state index in [4.69, 9.17) is 4.74 Å². The smallest absolute Gasteiger partial charge is 0.0593 e. The summed E-state index contributed by atoms with van der Waals surface area (Å²) in [6.45, 7) is 9.37. The molecule has 14 heavy (non-hydrogen) atoms. The lowest BCUT2D eigenvalue weighted by atomic mass is 10.2. The molecule has 3 heteroatoms. The maximum Gasteiger partial charge on any atom is 0.0593 e. The maximum absolute atomic E-state index is 5.34. The molecule has 0 unspecified atom stereocenters. The minimum absolute atomic E-state index is 0.831. The molecule has 0 aliphatic carbocycles. The molecule has 0 saturated heterocycles. The number of ether oxygens (including phenoxy) is 1. The predicted octanol–water partition coefficient (Wildman–Crippen LogP) is 2.44. The zero-order valence-corrected chi connectivity index (χ0v) is 10.6. The first-order valence-corrected chi connectivity index (χ1v) is 6.39. The van der Waals surface area contributed by atoms with E-state index in [1.54, 1.807) is 0 Å². The number of thiol groups is 1. The van der Waals surface area contributed by atoms with Crippen molar-refractivity contribution in [3.8, 4) is 0 Å². The molecule has 0 aliphatic rings. The van der Waals surface area contributed by atoms with Crippen LogP contribution in [0.15, 0.2) is 0 Å². The monoisotopic (exact) mass is 219 g/mol. The van der Waals surface area contributed by atoms with E-state index in [1.807, 2.05) is 6.92 Å². The summed E-state index contributed by atoms with van der Waals surface area (Å²) in [7, 11) is 0. The summed E-state index contributed by atoms with van der Waals surface area (Å²) in [5, 5.41) is 0. The SMILES string of the molecule is CCOCCN(CC)CCCCCS. The number of hydrogen-bond donors (Lipinski definition) is 1. The second-order valence-corrected chi connectivity index (χ2v) is 3.86. The largest absolute Gasteiger partial charge is 0.380 e. The molecule has 2 nitrogen and oxygen atoms in total. The van der Waals surface area contributed by atoms with Gasteiger partial charge < -0.3 is 9.64 Å². The van der Waals surface area contributed by atoms with Gasteiger partial charge in [-0.15, -0.1) is 0 Å². The predicted molar refractivity (Wildman–Crippen MR) is 66.3 cm³/mol. The van der Waals surface area contributed by atoms with Gasteiger partial charge in [0.2, 0.25) is 0 Å². The Kier molecular flexibility index (Phi) is 11.6. The van der Waals surface area contributed by atoms with E-state index < -0.39 is 0 Å². The lowest BCUT2D eigenvalue weighted by molar-refractivity contribution is 0.114. The first-order chi connectivity index (χ1) is 6.85. The van der Waals surface area contributed by atoms with Crippen molar-refractivity contribution in [2.45, 2.75) is 33.1 Å². The normalized spacial score (nSPS) is 11.1. The van der Waals surface area contributed by atoms with E-state index in [9.17, 15) is 0 Å². The average molecular weight is 219 g/mol. The molecule has 86 valence electrons. The summed E-state index contributed by atoms with van der Waals surface area (Å²) >= 11 is 4.20. The van der Waals surface area contributed by atoms with Crippen LogP contribution in [0.4, 0.5) is 0 Å². The average Bonchev–Trinajstić information content (AvgIpc) is 2.22. The third kappa shape index (κ3) is 8.85. The highest BCUT2D eigenvalue weighted by atomic mass is 32.1. The minimum atomic E-state index is 0.831. The molecule has 0 radical (unpaired) electrons. The van der Waals surface area contributed by atoms with Crippen molar-refractivity contribution >= 4 is 12.6 Å². The lowest BCUT2D eigenvalue weighted by Gasteiger charge is -2.19. The summed E-state index contributed by atoms with van der Waals surface area (Å²) in [5.74, 6) is 1.02. The van der Waals surface area contributed by atoms with Crippen molar-refractivity contribution in [1.29, 1.82) is 0 Å². The van der Waals surface area contributed by atoms with Crippen molar-refractivity contribution in [3.63, 3.8) is 0 Å². The van der Waals surface area contributed by atoms with Crippen LogP contribution < -0.4 is 0 Å². The van der Waals surface area contributed by atoms with Gasteiger partial charge in [-0.05, 0) is 38.6 Å². The molecule has 0 amide bonds. The van der Waals surface area contributed by atoms with Crippen molar-refractivity contribution in [3.05, 3.63) is 0 Å². The number of unbranched alkanes of at least 4 members (excludes halogenated alkanes) is 2. The van der Waals surface area contributed by atoms with Crippen molar-refractivity contribution < 1.29 is 4.74 Å². The molecule has 0 bridgehead atoms. The second kappa shape index (κ2) is 11.3. The Morgan fingerprint density at radius 2 is 1.86 bits per heavy atom. The Labute approximate surface area is 94.4 Å². The van der Waals surface area contributed by atoms with Gasteiger partial charge in [0, 0.05) is 13.2 Å². The highest BCUT2D eigenvalue weighted by Gasteiger charge is 2.00. The van der Waals surface area contributed by atoms with E-state index in [0.717, 1.165) is 32.1 Å². The third-order valence-corrected chi connectivity index (χ3v) is 2.65. The molecule has 0 aromatic heterocycles. The van der Waals surface area contributed by atoms with Crippen LogP contribution in [-0.2, 0) is 4.74 Å². The Balaban J connectivity index is 3.28. The zero-order chi connectivity index (χ0) is 10.6. The quantitative estimate of drug-likeness (QED) is 0.447. The molecule has 0 aliphatic heterocycles. The molecule has 0 spiro atoms. The van der Waals surface area contributed by atoms with Gasteiger partial charge in [0.1, 0.15) is 0 Å². The van der Waals surface area contributed by atoms with Crippen LogP contribution in [0.2, 0.25) is 0 Å². The highest BCUT2D eigenvalue weighted by Crippen LogP contribution is 1.99. The third-order valence-electron chi connectivity index (χ3n) is 2.34. The van der Waals surface area contributed by atoms with E-state index in [-0.39, 0.29) is 0 Å². The summed E-state index contributed by atoms with van der Waals surface area (Å²) in [5.41, 5.74) is 0. The molecule has 0 N–H and O–H groups in total. The van der Waals surface area contributed by atoms with E-state index in [2.05, 4.69) is 24.5 Å². The maximum atomic E-state index is 5.34. The van der Waals surface area contributed by atoms with Crippen LogP contribution in [0.25, 0.3) is 0 Å². The van der Waals surface area contributed by atoms with Gasteiger partial charge in [0.05, 0.1) is 6.61 Å². The summed E-state index contributed by atoms with van der Waals surface area (Å²) in [4.78, 5) is 2.45. The van der Waals surface area contributed by atoms with E-state index >= 15 is 0 Å². The second-order valence-electron chi connectivity index (χ2n) is 3.42. The minimum Gasteiger partial charge on any atom is -0.380 e. The Hall–Kier alpha value is 0.270. The fourth-order valence-electron chi connectivity index (χ4n) is 1.39. The highest BCUT2D eigenvalue weighted by molar-refractivity contribution is 7.80. The molecule has 0 heterocycles. The molecular formula is C11H25NOS. The summed E-state index contributed by atoms with van der Waals surface area (Å²) in [6.07, 6.45) is 3.83. The van der Waals surface area contributed by atoms with E-state index in [0.29, 0.717) is 0 Å². The van der Waals surface area contributed by atoms with Gasteiger partial charge in [0.25, 0.3) is 0 Å². The lowest BCUT2D eigenvalue weighted by Crippen LogP contribution is -2.28. The van der Waals surface area contributed by atoms with Crippen LogP contribution >= 0.6 is 12.6 Å². The van der Waals surface area contributed by atoms with Gasteiger partial charge in [-0.1, -0.05) is 13.3 Å². The Bertz CT molecular complexity index is 111.